The van der Waals surface area contributed by atoms with Gasteiger partial charge >= 0.3 is 0 Å². The van der Waals surface area contributed by atoms with Crippen molar-refractivity contribution >= 4 is 33.2 Å². The van der Waals surface area contributed by atoms with Crippen LogP contribution in [0.3, 0.4) is 0 Å². The Morgan fingerprint density at radius 1 is 1.00 bits per heavy atom. The molecule has 0 bridgehead atoms. The summed E-state index contributed by atoms with van der Waals surface area (Å²) < 4.78 is 28.4. The molecule has 0 saturated carbocycles. The Labute approximate surface area is 213 Å². The van der Waals surface area contributed by atoms with Gasteiger partial charge in [-0.2, -0.15) is 0 Å². The van der Waals surface area contributed by atoms with E-state index in [-0.39, 0.29) is 23.4 Å². The van der Waals surface area contributed by atoms with Gasteiger partial charge in [-0.1, -0.05) is 54.9 Å². The third-order valence-corrected chi connectivity index (χ3v) is 8.62. The molecule has 3 aromatic carbocycles. The zero-order valence-corrected chi connectivity index (χ0v) is 21.7. The first-order valence-corrected chi connectivity index (χ1v) is 13.9. The van der Waals surface area contributed by atoms with E-state index in [4.69, 9.17) is 11.6 Å². The Morgan fingerprint density at radius 3 is 2.37 bits per heavy atom. The second-order valence-corrected chi connectivity index (χ2v) is 11.3. The largest absolute Gasteiger partial charge is 0.348 e. The van der Waals surface area contributed by atoms with Crippen LogP contribution >= 0.6 is 11.6 Å². The van der Waals surface area contributed by atoms with Crippen LogP contribution in [-0.4, -0.2) is 20.9 Å². The maximum absolute atomic E-state index is 13.6. The van der Waals surface area contributed by atoms with Gasteiger partial charge in [0.15, 0.2) is 0 Å². The summed E-state index contributed by atoms with van der Waals surface area (Å²) in [6.45, 7) is 3.53. The fourth-order valence-electron chi connectivity index (χ4n) is 4.64. The Hall–Kier alpha value is -2.83. The number of fused-ring (bicyclic) bond motifs is 1. The summed E-state index contributed by atoms with van der Waals surface area (Å²) in [5.41, 5.74) is 5.04. The summed E-state index contributed by atoms with van der Waals surface area (Å²) in [4.78, 5) is 13.3. The molecule has 0 aromatic heterocycles. The number of anilines is 1. The molecule has 0 radical (unpaired) electrons. The van der Waals surface area contributed by atoms with Gasteiger partial charge in [0.25, 0.3) is 10.0 Å². The van der Waals surface area contributed by atoms with E-state index in [1.54, 1.807) is 12.1 Å². The number of rotatable bonds is 8. The Morgan fingerprint density at radius 2 is 1.69 bits per heavy atom. The molecule has 0 saturated heterocycles. The van der Waals surface area contributed by atoms with Gasteiger partial charge in [0.05, 0.1) is 16.6 Å². The van der Waals surface area contributed by atoms with Crippen LogP contribution in [0.5, 0.6) is 0 Å². The number of carbonyl (C=O) groups is 1. The van der Waals surface area contributed by atoms with Crippen molar-refractivity contribution in [2.24, 2.45) is 0 Å². The molecule has 7 heteroatoms. The molecule has 1 aliphatic carbocycles. The normalized spacial score (nSPS) is 14.1. The number of hydrogen-bond acceptors (Lipinski definition) is 3. The highest BCUT2D eigenvalue weighted by atomic mass is 35.5. The molecule has 1 amide bonds. The van der Waals surface area contributed by atoms with Crippen LogP contribution in [0.4, 0.5) is 5.69 Å². The van der Waals surface area contributed by atoms with Gasteiger partial charge in [-0.05, 0) is 91.6 Å². The molecular formula is C28H31ClN2O3S. The molecule has 5 nitrogen and oxygen atoms in total. The van der Waals surface area contributed by atoms with E-state index in [0.29, 0.717) is 17.1 Å². The summed E-state index contributed by atoms with van der Waals surface area (Å²) in [7, 11) is -3.99. The summed E-state index contributed by atoms with van der Waals surface area (Å²) >= 11 is 5.97. The fourth-order valence-corrected chi connectivity index (χ4v) is 6.25. The average Bonchev–Trinajstić information content (AvgIpc) is 2.86. The Balaban J connectivity index is 1.61. The quantitative estimate of drug-likeness (QED) is 0.404. The van der Waals surface area contributed by atoms with Crippen molar-refractivity contribution in [2.45, 2.75) is 56.9 Å². The number of aryl methyl sites for hydroxylation is 3. The molecule has 35 heavy (non-hydrogen) atoms. The van der Waals surface area contributed by atoms with E-state index in [2.05, 4.69) is 23.5 Å². The first-order chi connectivity index (χ1) is 16.8. The smallest absolute Gasteiger partial charge is 0.264 e. The van der Waals surface area contributed by atoms with Gasteiger partial charge in [0.2, 0.25) is 5.91 Å². The highest BCUT2D eigenvalue weighted by Crippen LogP contribution is 2.29. The first kappa shape index (κ1) is 25.3. The lowest BCUT2D eigenvalue weighted by Crippen LogP contribution is -2.42. The van der Waals surface area contributed by atoms with Crippen LogP contribution in [0.2, 0.25) is 5.02 Å². The molecule has 184 valence electrons. The summed E-state index contributed by atoms with van der Waals surface area (Å²) in [6.07, 6.45) is 5.28. The lowest BCUT2D eigenvalue weighted by atomic mass is 9.89. The molecular weight excluding hydrogens is 480 g/mol. The van der Waals surface area contributed by atoms with Gasteiger partial charge in [-0.3, -0.25) is 9.10 Å². The molecule has 0 heterocycles. The summed E-state index contributed by atoms with van der Waals surface area (Å²) in [6, 6.07) is 19.4. The summed E-state index contributed by atoms with van der Waals surface area (Å²) in [5.74, 6) is -0.352. The minimum atomic E-state index is -3.99. The van der Waals surface area contributed by atoms with E-state index >= 15 is 0 Å². The van der Waals surface area contributed by atoms with Gasteiger partial charge < -0.3 is 5.32 Å². The molecule has 1 N–H and O–H groups in total. The van der Waals surface area contributed by atoms with Gasteiger partial charge in [0.1, 0.15) is 6.54 Å². The maximum Gasteiger partial charge on any atom is 0.264 e. The number of halogens is 1. The van der Waals surface area contributed by atoms with Gasteiger partial charge in [-0.25, -0.2) is 8.42 Å². The molecule has 3 aromatic rings. The zero-order valence-electron chi connectivity index (χ0n) is 20.1. The molecule has 1 atom stereocenters. The van der Waals surface area contributed by atoms with Crippen molar-refractivity contribution in [1.82, 2.24) is 5.32 Å². The third-order valence-electron chi connectivity index (χ3n) is 6.59. The number of nitrogens with one attached hydrogen (secondary N) is 1. The standard InChI is InChI=1S/C28H31ClN2O3S/c1-3-26(23-13-12-21-9-5-6-10-22(21)18-23)30-28(32)19-31(27-11-7-4-8-20(27)2)35(33,34)25-16-14-24(29)15-17-25/h4,7-8,11-18,26H,3,5-6,9-10,19H2,1-2H3,(H,30,32)/t26-/m0/s1. The van der Waals surface area contributed by atoms with Crippen LogP contribution in [-0.2, 0) is 27.7 Å². The van der Waals surface area contributed by atoms with Crippen molar-refractivity contribution in [3.63, 3.8) is 0 Å². The van der Waals surface area contributed by atoms with Crippen molar-refractivity contribution in [3.05, 3.63) is 94.0 Å². The average molecular weight is 511 g/mol. The SMILES string of the molecule is CC[C@H](NC(=O)CN(c1ccccc1C)S(=O)(=O)c1ccc(Cl)cc1)c1ccc2c(c1)CCCC2. The van der Waals surface area contributed by atoms with Crippen LogP contribution in [0.1, 0.15) is 54.5 Å². The molecule has 0 fully saturated rings. The number of nitrogens with zero attached hydrogens (tertiary/aromatic N) is 1. The van der Waals surface area contributed by atoms with Crippen molar-refractivity contribution < 1.29 is 13.2 Å². The van der Waals surface area contributed by atoms with E-state index in [0.717, 1.165) is 24.0 Å². The number of amides is 1. The predicted octanol–water partition coefficient (Wildman–Crippen LogP) is 5.99. The number of benzene rings is 3. The third kappa shape index (κ3) is 5.71. The maximum atomic E-state index is 13.6. The second kappa shape index (κ2) is 10.8. The number of para-hydroxylation sites is 1. The van der Waals surface area contributed by atoms with E-state index < -0.39 is 10.0 Å². The Bertz CT molecular complexity index is 1310. The number of carbonyl (C=O) groups excluding carboxylic acids is 1. The molecule has 0 spiro atoms. The zero-order chi connectivity index (χ0) is 25.0. The van der Waals surface area contributed by atoms with Crippen molar-refractivity contribution in [1.29, 1.82) is 0 Å². The number of hydrogen-bond donors (Lipinski definition) is 1. The van der Waals surface area contributed by atoms with Crippen LogP contribution < -0.4 is 9.62 Å². The van der Waals surface area contributed by atoms with Crippen molar-refractivity contribution in [2.75, 3.05) is 10.8 Å². The monoisotopic (exact) mass is 510 g/mol. The minimum Gasteiger partial charge on any atom is -0.348 e. The van der Waals surface area contributed by atoms with Crippen LogP contribution in [0.25, 0.3) is 0 Å². The topological polar surface area (TPSA) is 66.5 Å². The van der Waals surface area contributed by atoms with Gasteiger partial charge in [-0.15, -0.1) is 0 Å². The lowest BCUT2D eigenvalue weighted by molar-refractivity contribution is -0.120. The minimum absolute atomic E-state index is 0.0830. The van der Waals surface area contributed by atoms with Crippen molar-refractivity contribution in [3.8, 4) is 0 Å². The van der Waals surface area contributed by atoms with Crippen LogP contribution in [0, 0.1) is 6.92 Å². The first-order valence-electron chi connectivity index (χ1n) is 12.0. The highest BCUT2D eigenvalue weighted by Gasteiger charge is 2.29. The molecule has 4 rings (SSSR count). The van der Waals surface area contributed by atoms with E-state index in [1.165, 1.54) is 52.5 Å². The van der Waals surface area contributed by atoms with E-state index in [1.807, 2.05) is 26.0 Å². The molecule has 0 aliphatic heterocycles. The predicted molar refractivity (Wildman–Crippen MR) is 141 cm³/mol. The van der Waals surface area contributed by atoms with Crippen LogP contribution in [0.15, 0.2) is 71.6 Å². The van der Waals surface area contributed by atoms with Gasteiger partial charge in [0, 0.05) is 5.02 Å². The number of sulfonamides is 1. The second-order valence-electron chi connectivity index (χ2n) is 9.02. The van der Waals surface area contributed by atoms with E-state index in [9.17, 15) is 13.2 Å². The lowest BCUT2D eigenvalue weighted by Gasteiger charge is -2.27. The highest BCUT2D eigenvalue weighted by molar-refractivity contribution is 7.92. The molecule has 0 unspecified atom stereocenters. The fraction of sp³-hybridized carbons (Fsp3) is 0.321. The molecule has 1 aliphatic rings. The Kier molecular flexibility index (Phi) is 7.82. The summed E-state index contributed by atoms with van der Waals surface area (Å²) in [5, 5.41) is 3.52.